The fourth-order valence-electron chi connectivity index (χ4n) is 5.19. The molecular formula is C22H25F3N4O. The smallest absolute Gasteiger partial charge is 0.378 e. The number of nitrogens with zero attached hydrogens (tertiary/aromatic N) is 4. The van der Waals surface area contributed by atoms with Gasteiger partial charge >= 0.3 is 6.18 Å². The number of pyridine rings is 1. The van der Waals surface area contributed by atoms with Crippen molar-refractivity contribution in [1.82, 2.24) is 19.4 Å². The number of aromatic nitrogens is 3. The third kappa shape index (κ3) is 3.15. The van der Waals surface area contributed by atoms with Crippen LogP contribution in [0.2, 0.25) is 0 Å². The van der Waals surface area contributed by atoms with Gasteiger partial charge in [-0.15, -0.1) is 0 Å². The average molecular weight is 418 g/mol. The Hall–Kier alpha value is -1.93. The van der Waals surface area contributed by atoms with E-state index in [1.807, 2.05) is 6.20 Å². The van der Waals surface area contributed by atoms with Crippen LogP contribution in [0.4, 0.5) is 13.2 Å². The first kappa shape index (κ1) is 18.8. The van der Waals surface area contributed by atoms with Gasteiger partial charge in [-0.2, -0.15) is 13.2 Å². The fraction of sp³-hybridized carbons (Fsp3) is 0.636. The van der Waals surface area contributed by atoms with E-state index in [0.29, 0.717) is 41.1 Å². The molecule has 1 unspecified atom stereocenters. The third-order valence-electron chi connectivity index (χ3n) is 7.30. The zero-order valence-corrected chi connectivity index (χ0v) is 16.9. The lowest BCUT2D eigenvalue weighted by Gasteiger charge is -2.36. The quantitative estimate of drug-likeness (QED) is 0.742. The molecule has 6 rings (SSSR count). The normalized spacial score (nSPS) is 29.1. The molecule has 4 aliphatic rings. The number of hydrogen-bond donors (Lipinski definition) is 0. The molecule has 0 radical (unpaired) electrons. The summed E-state index contributed by atoms with van der Waals surface area (Å²) in [5, 5.41) is 0. The van der Waals surface area contributed by atoms with Gasteiger partial charge in [0.1, 0.15) is 5.82 Å². The molecule has 0 aromatic carbocycles. The highest BCUT2D eigenvalue weighted by Gasteiger charge is 2.58. The summed E-state index contributed by atoms with van der Waals surface area (Å²) in [6.07, 6.45) is 2.45. The molecule has 2 aliphatic carbocycles. The molecule has 2 saturated carbocycles. The zero-order valence-electron chi connectivity index (χ0n) is 16.9. The van der Waals surface area contributed by atoms with Crippen molar-refractivity contribution in [2.24, 2.45) is 17.8 Å². The van der Waals surface area contributed by atoms with Crippen molar-refractivity contribution in [3.8, 4) is 11.3 Å². The van der Waals surface area contributed by atoms with Crippen LogP contribution in [0.5, 0.6) is 0 Å². The number of rotatable bonds is 5. The Morgan fingerprint density at radius 2 is 1.90 bits per heavy atom. The maximum Gasteiger partial charge on any atom is 0.418 e. The number of halogens is 3. The van der Waals surface area contributed by atoms with Crippen LogP contribution in [-0.4, -0.2) is 51.8 Å². The summed E-state index contributed by atoms with van der Waals surface area (Å²) in [6, 6.07) is 2.20. The van der Waals surface area contributed by atoms with E-state index in [4.69, 9.17) is 9.72 Å². The van der Waals surface area contributed by atoms with E-state index < -0.39 is 11.7 Å². The van der Waals surface area contributed by atoms with Gasteiger partial charge in [0, 0.05) is 49.2 Å². The number of aryl methyl sites for hydroxylation is 1. The standard InChI is InChI=1S/C22H25F3N4O/c1-12-18(22(23,24)25)5-14(6-26-12)19-9-29(20(27-19)4-13-2-3-13)21-16-7-28(8-17(16)21)15-10-30-11-15/h5-6,9,13,15-17,21H,2-4,7-8,10-11H2,1H3/t16-,17+,21?. The molecule has 160 valence electrons. The number of ether oxygens (including phenoxy) is 1. The monoisotopic (exact) mass is 418 g/mol. The molecule has 4 heterocycles. The molecule has 5 nitrogen and oxygen atoms in total. The van der Waals surface area contributed by atoms with Gasteiger partial charge in [-0.05, 0) is 43.6 Å². The van der Waals surface area contributed by atoms with Crippen molar-refractivity contribution < 1.29 is 17.9 Å². The zero-order chi connectivity index (χ0) is 20.6. The van der Waals surface area contributed by atoms with Gasteiger partial charge in [0.15, 0.2) is 0 Å². The van der Waals surface area contributed by atoms with Crippen LogP contribution in [-0.2, 0) is 17.3 Å². The van der Waals surface area contributed by atoms with Crippen molar-refractivity contribution in [2.75, 3.05) is 26.3 Å². The molecule has 0 bridgehead atoms. The second-order valence-corrected chi connectivity index (χ2v) is 9.42. The second kappa shape index (κ2) is 6.53. The second-order valence-electron chi connectivity index (χ2n) is 9.42. The predicted octanol–water partition coefficient (Wildman–Crippen LogP) is 3.73. The molecule has 2 aromatic rings. The topological polar surface area (TPSA) is 43.2 Å². The summed E-state index contributed by atoms with van der Waals surface area (Å²) in [5.41, 5.74) is 0.376. The maximum atomic E-state index is 13.4. The Balaban J connectivity index is 1.29. The lowest BCUT2D eigenvalue weighted by molar-refractivity contribution is -0.138. The van der Waals surface area contributed by atoms with Crippen LogP contribution in [0, 0.1) is 24.7 Å². The summed E-state index contributed by atoms with van der Waals surface area (Å²) in [6.45, 7) is 5.25. The van der Waals surface area contributed by atoms with E-state index in [-0.39, 0.29) is 5.69 Å². The molecule has 0 amide bonds. The van der Waals surface area contributed by atoms with Crippen LogP contribution >= 0.6 is 0 Å². The van der Waals surface area contributed by atoms with Crippen molar-refractivity contribution >= 4 is 0 Å². The summed E-state index contributed by atoms with van der Waals surface area (Å²) in [4.78, 5) is 11.3. The largest absolute Gasteiger partial charge is 0.418 e. The highest BCUT2D eigenvalue weighted by molar-refractivity contribution is 5.59. The van der Waals surface area contributed by atoms with Crippen LogP contribution in [0.3, 0.4) is 0 Å². The van der Waals surface area contributed by atoms with Crippen molar-refractivity contribution in [3.05, 3.63) is 35.5 Å². The first-order valence-electron chi connectivity index (χ1n) is 10.8. The van der Waals surface area contributed by atoms with E-state index in [9.17, 15) is 13.2 Å². The lowest BCUT2D eigenvalue weighted by atomic mass is 10.1. The predicted molar refractivity (Wildman–Crippen MR) is 104 cm³/mol. The number of imidazole rings is 1. The van der Waals surface area contributed by atoms with E-state index in [0.717, 1.165) is 38.5 Å². The number of hydrogen-bond acceptors (Lipinski definition) is 4. The van der Waals surface area contributed by atoms with Gasteiger partial charge in [-0.3, -0.25) is 9.88 Å². The number of piperidine rings is 1. The molecule has 0 spiro atoms. The molecular weight excluding hydrogens is 393 g/mol. The molecule has 3 atom stereocenters. The highest BCUT2D eigenvalue weighted by Crippen LogP contribution is 2.56. The van der Waals surface area contributed by atoms with Crippen molar-refractivity contribution in [1.29, 1.82) is 0 Å². The van der Waals surface area contributed by atoms with Crippen LogP contribution < -0.4 is 0 Å². The Kier molecular flexibility index (Phi) is 4.10. The minimum absolute atomic E-state index is 0.000627. The molecule has 2 saturated heterocycles. The first-order valence-corrected chi connectivity index (χ1v) is 10.8. The van der Waals surface area contributed by atoms with Crippen molar-refractivity contribution in [2.45, 2.75) is 44.4 Å². The average Bonchev–Trinajstić information content (AvgIpc) is 3.48. The fourth-order valence-corrected chi connectivity index (χ4v) is 5.19. The summed E-state index contributed by atoms with van der Waals surface area (Å²) >= 11 is 0. The van der Waals surface area contributed by atoms with Gasteiger partial charge in [-0.1, -0.05) is 0 Å². The summed E-state index contributed by atoms with van der Waals surface area (Å²) in [7, 11) is 0. The van der Waals surface area contributed by atoms with E-state index >= 15 is 0 Å². The molecule has 30 heavy (non-hydrogen) atoms. The first-order chi connectivity index (χ1) is 14.4. The van der Waals surface area contributed by atoms with Crippen LogP contribution in [0.25, 0.3) is 11.3 Å². The molecule has 8 heteroatoms. The minimum Gasteiger partial charge on any atom is -0.378 e. The maximum absolute atomic E-state index is 13.4. The lowest BCUT2D eigenvalue weighted by Crippen LogP contribution is -2.49. The molecule has 0 N–H and O–H groups in total. The van der Waals surface area contributed by atoms with Crippen molar-refractivity contribution in [3.63, 3.8) is 0 Å². The molecule has 4 fully saturated rings. The number of likely N-dealkylation sites (tertiary alicyclic amines) is 1. The Bertz CT molecular complexity index is 967. The van der Waals surface area contributed by atoms with Crippen LogP contribution in [0.15, 0.2) is 18.5 Å². The van der Waals surface area contributed by atoms with Gasteiger partial charge in [0.05, 0.1) is 30.5 Å². The van der Waals surface area contributed by atoms with E-state index in [1.165, 1.54) is 32.0 Å². The molecule has 2 aliphatic heterocycles. The van der Waals surface area contributed by atoms with E-state index in [2.05, 4.69) is 14.5 Å². The van der Waals surface area contributed by atoms with Gasteiger partial charge < -0.3 is 9.30 Å². The SMILES string of the molecule is Cc1ncc(-c2cn(C3[C@H]4CN(C5COC5)C[C@@H]34)c(CC3CC3)n2)cc1C(F)(F)F. The summed E-state index contributed by atoms with van der Waals surface area (Å²) in [5.74, 6) is 2.93. The Labute approximate surface area is 173 Å². The number of alkyl halides is 3. The Morgan fingerprint density at radius 1 is 1.17 bits per heavy atom. The summed E-state index contributed by atoms with van der Waals surface area (Å²) < 4.78 is 47.7. The van der Waals surface area contributed by atoms with E-state index in [1.54, 1.807) is 0 Å². The van der Waals surface area contributed by atoms with Gasteiger partial charge in [-0.25, -0.2) is 4.98 Å². The third-order valence-corrected chi connectivity index (χ3v) is 7.30. The minimum atomic E-state index is -4.41. The Morgan fingerprint density at radius 3 is 2.50 bits per heavy atom. The van der Waals surface area contributed by atoms with Gasteiger partial charge in [0.25, 0.3) is 0 Å². The number of fused-ring (bicyclic) bond motifs is 1. The van der Waals surface area contributed by atoms with Gasteiger partial charge in [0.2, 0.25) is 0 Å². The highest BCUT2D eigenvalue weighted by atomic mass is 19.4. The van der Waals surface area contributed by atoms with Crippen LogP contribution in [0.1, 0.15) is 36.0 Å². The molecule has 2 aromatic heterocycles.